The van der Waals surface area contributed by atoms with E-state index in [9.17, 15) is 60.8 Å². The summed E-state index contributed by atoms with van der Waals surface area (Å²) >= 11 is 0. The first-order valence-corrected chi connectivity index (χ1v) is 19.4. The SMILES string of the molecule is C=C1C2CCC3C4(C)CC(OC5OC(CO)C(OS(=O)(=O)[O-])C(OS(=O)(=O)[O-])C5OC(=O)CC(C)C)CC(C(=O)[O-])(C(=O)O)C4CCC3(C2)C1O.[K+].[K+].[K+]. The number of esters is 1. The molecule has 18 nitrogen and oxygen atoms in total. The molecule has 1 spiro atoms. The molecule has 23 heteroatoms. The molecule has 1 saturated heterocycles. The zero-order valence-electron chi connectivity index (χ0n) is 31.2. The van der Waals surface area contributed by atoms with Crippen LogP contribution in [-0.4, -0.2) is 109 Å². The quantitative estimate of drug-likeness (QED) is 0.0312. The first-order chi connectivity index (χ1) is 23.5. The van der Waals surface area contributed by atoms with Crippen molar-refractivity contribution in [2.24, 2.45) is 39.9 Å². The summed E-state index contributed by atoms with van der Waals surface area (Å²) in [5.74, 6) is -6.40. The van der Waals surface area contributed by atoms with Crippen LogP contribution in [0.15, 0.2) is 12.2 Å². The number of ether oxygens (including phenoxy) is 3. The van der Waals surface area contributed by atoms with Crippen LogP contribution < -0.4 is 159 Å². The summed E-state index contributed by atoms with van der Waals surface area (Å²) in [5, 5.41) is 45.2. The van der Waals surface area contributed by atoms with E-state index < -0.39 is 123 Å². The van der Waals surface area contributed by atoms with Crippen LogP contribution in [0.3, 0.4) is 0 Å². The molecular weight excluding hydrogens is 842 g/mol. The molecule has 5 rings (SSSR count). The van der Waals surface area contributed by atoms with Crippen LogP contribution in [0.2, 0.25) is 0 Å². The zero-order chi connectivity index (χ0) is 38.1. The first-order valence-electron chi connectivity index (χ1n) is 16.7. The first kappa shape index (κ1) is 52.8. The van der Waals surface area contributed by atoms with Gasteiger partial charge in [0.1, 0.15) is 23.7 Å². The summed E-state index contributed by atoms with van der Waals surface area (Å²) in [6, 6.07) is 0. The summed E-state index contributed by atoms with van der Waals surface area (Å²) in [4.78, 5) is 39.0. The molecule has 13 unspecified atom stereocenters. The maximum Gasteiger partial charge on any atom is 1.00 e. The van der Waals surface area contributed by atoms with E-state index in [1.165, 1.54) is 0 Å². The van der Waals surface area contributed by atoms with Crippen LogP contribution in [0.25, 0.3) is 0 Å². The van der Waals surface area contributed by atoms with Gasteiger partial charge in [0.2, 0.25) is 20.8 Å². The smallest absolute Gasteiger partial charge is 0.726 e. The second-order valence-corrected chi connectivity index (χ2v) is 17.3. The average Bonchev–Trinajstić information content (AvgIpc) is 3.16. The number of hydrogen-bond donors (Lipinski definition) is 3. The molecule has 5 aliphatic rings. The van der Waals surface area contributed by atoms with Gasteiger partial charge in [-0.3, -0.25) is 18.0 Å². The van der Waals surface area contributed by atoms with Crippen molar-refractivity contribution in [1.29, 1.82) is 0 Å². The molecule has 4 aliphatic carbocycles. The Labute approximate surface area is 442 Å². The molecule has 0 aromatic carbocycles. The number of carboxylic acids is 2. The second kappa shape index (κ2) is 19.8. The van der Waals surface area contributed by atoms with E-state index in [0.717, 1.165) is 0 Å². The average molecular weight is 885 g/mol. The molecule has 4 saturated carbocycles. The number of aliphatic carboxylic acids is 2. The van der Waals surface area contributed by atoms with E-state index in [0.29, 0.717) is 31.3 Å². The fourth-order valence-electron chi connectivity index (χ4n) is 10.2. The molecule has 1 heterocycles. The second-order valence-electron chi connectivity index (χ2n) is 15.3. The van der Waals surface area contributed by atoms with Crippen molar-refractivity contribution in [3.05, 3.63) is 12.2 Å². The Hall–Kier alpha value is 2.64. The number of hydrogen-bond acceptors (Lipinski definition) is 17. The topological polar surface area (TPSA) is 296 Å². The Morgan fingerprint density at radius 3 is 2.06 bits per heavy atom. The Bertz CT molecular complexity index is 1630. The molecule has 0 aromatic heterocycles. The van der Waals surface area contributed by atoms with Crippen molar-refractivity contribution in [3.8, 4) is 0 Å². The van der Waals surface area contributed by atoms with Crippen molar-refractivity contribution in [2.45, 2.75) is 115 Å². The largest absolute Gasteiger partial charge is 1.00 e. The number of carboxylic acid groups (broad SMARTS) is 2. The van der Waals surface area contributed by atoms with Gasteiger partial charge in [0.25, 0.3) is 0 Å². The van der Waals surface area contributed by atoms with E-state index in [2.05, 4.69) is 14.9 Å². The normalized spacial score (nSPS) is 40.2. The number of carbonyl (C=O) groups excluding carboxylic acids is 2. The fourth-order valence-corrected chi connectivity index (χ4v) is 11.2. The molecule has 54 heavy (non-hydrogen) atoms. The van der Waals surface area contributed by atoms with Gasteiger partial charge in [-0.25, -0.2) is 16.8 Å². The van der Waals surface area contributed by atoms with E-state index in [1.54, 1.807) is 20.8 Å². The van der Waals surface area contributed by atoms with Crippen molar-refractivity contribution in [1.82, 2.24) is 0 Å². The van der Waals surface area contributed by atoms with Crippen LogP contribution in [-0.2, 0) is 57.8 Å². The predicted molar refractivity (Wildman–Crippen MR) is 163 cm³/mol. The Balaban J connectivity index is 0.00000336. The minimum atomic E-state index is -5.79. The molecule has 2 bridgehead atoms. The van der Waals surface area contributed by atoms with Crippen LogP contribution in [0.5, 0.6) is 0 Å². The minimum Gasteiger partial charge on any atom is -0.726 e. The van der Waals surface area contributed by atoms with Gasteiger partial charge in [0, 0.05) is 11.8 Å². The summed E-state index contributed by atoms with van der Waals surface area (Å²) in [7, 11) is -11.5. The summed E-state index contributed by atoms with van der Waals surface area (Å²) < 4.78 is 96.9. The zero-order valence-corrected chi connectivity index (χ0v) is 42.2. The van der Waals surface area contributed by atoms with Gasteiger partial charge < -0.3 is 48.5 Å². The molecule has 5 fully saturated rings. The van der Waals surface area contributed by atoms with E-state index in [1.807, 2.05) is 0 Å². The van der Waals surface area contributed by atoms with Crippen molar-refractivity contribution in [3.63, 3.8) is 0 Å². The molecule has 0 aromatic rings. The molecule has 0 amide bonds. The van der Waals surface area contributed by atoms with Crippen molar-refractivity contribution >= 4 is 38.7 Å². The number of aliphatic hydroxyl groups is 2. The van der Waals surface area contributed by atoms with Crippen LogP contribution in [0.4, 0.5) is 0 Å². The Morgan fingerprint density at radius 2 is 1.54 bits per heavy atom. The maximum atomic E-state index is 13.1. The van der Waals surface area contributed by atoms with Gasteiger partial charge >= 0.3 is 166 Å². The van der Waals surface area contributed by atoms with Crippen LogP contribution in [0.1, 0.15) is 72.1 Å². The third-order valence-electron chi connectivity index (χ3n) is 12.0. The monoisotopic (exact) mass is 884 g/mol. The molecule has 13 atom stereocenters. The van der Waals surface area contributed by atoms with E-state index >= 15 is 0 Å². The van der Waals surface area contributed by atoms with Gasteiger partial charge in [-0.2, -0.15) is 0 Å². The summed E-state index contributed by atoms with van der Waals surface area (Å²) in [5.41, 5.74) is -3.76. The van der Waals surface area contributed by atoms with Gasteiger partial charge in [0.15, 0.2) is 12.4 Å². The van der Waals surface area contributed by atoms with Gasteiger partial charge in [0.05, 0.1) is 24.8 Å². The van der Waals surface area contributed by atoms with E-state index in [-0.39, 0.29) is 185 Å². The molecular formula is C31H43K3O18S2. The van der Waals surface area contributed by atoms with E-state index in [4.69, 9.17) is 14.2 Å². The standard InChI is InChI=1S/C31H46O18S2.3K/c1-14(2)9-21(33)47-24-23(49-51(42,43)44)22(48-50(39,40)41)18(13-32)46-26(24)45-17-11-29(4)19-6-5-16-10-30(19,25(34)15(16)3)8-7-20(29)31(12-17,27(35)36)28(37)38;;;/h14,16-20,22-26,32,34H,3,5-13H2,1-2,4H3,(H,35,36)(H,37,38)(H,39,40,41)(H,42,43,44);;;/q;3*+1/p-3. The van der Waals surface area contributed by atoms with Gasteiger partial charge in [-0.1, -0.05) is 27.4 Å². The summed E-state index contributed by atoms with van der Waals surface area (Å²) in [6.45, 7) is 7.87. The van der Waals surface area contributed by atoms with Crippen LogP contribution in [0, 0.1) is 39.9 Å². The van der Waals surface area contributed by atoms with Gasteiger partial charge in [-0.05, 0) is 79.6 Å². The van der Waals surface area contributed by atoms with Crippen molar-refractivity contribution in [2.75, 3.05) is 6.61 Å². The number of rotatable bonds is 12. The molecule has 0 radical (unpaired) electrons. The molecule has 3 N–H and O–H groups in total. The van der Waals surface area contributed by atoms with Crippen LogP contribution >= 0.6 is 0 Å². The molecule has 290 valence electrons. The predicted octanol–water partition coefficient (Wildman–Crippen LogP) is -9.89. The Morgan fingerprint density at radius 1 is 0.944 bits per heavy atom. The van der Waals surface area contributed by atoms with Gasteiger partial charge in [-0.15, -0.1) is 0 Å². The molecule has 1 aliphatic heterocycles. The van der Waals surface area contributed by atoms with Crippen molar-refractivity contribution < 1.29 is 237 Å². The minimum absolute atomic E-state index is 0. The fraction of sp³-hybridized carbons (Fsp3) is 0.839. The number of aliphatic hydroxyl groups excluding tert-OH is 2. The number of fused-ring (bicyclic) bond motifs is 3. The third-order valence-corrected chi connectivity index (χ3v) is 12.9. The summed E-state index contributed by atoms with van der Waals surface area (Å²) in [6.07, 6.45) is -12.4. The number of carbonyl (C=O) groups is 3. The maximum absolute atomic E-state index is 13.1. The third kappa shape index (κ3) is 10.5. The Kier molecular flexibility index (Phi) is 19.3.